The van der Waals surface area contributed by atoms with Crippen molar-refractivity contribution in [1.29, 1.82) is 0 Å². The largest absolute Gasteiger partial charge is 0.468 e. The molecule has 2 aliphatic rings. The summed E-state index contributed by atoms with van der Waals surface area (Å²) in [5, 5.41) is 0. The molecule has 2 atom stereocenters. The number of rotatable bonds is 5. The lowest BCUT2D eigenvalue weighted by atomic mass is 10.00. The summed E-state index contributed by atoms with van der Waals surface area (Å²) in [6, 6.07) is 3.90. The van der Waals surface area contributed by atoms with Crippen LogP contribution < -0.4 is 0 Å². The molecule has 3 rings (SSSR count). The van der Waals surface area contributed by atoms with E-state index < -0.39 is 0 Å². The van der Waals surface area contributed by atoms with Gasteiger partial charge in [0.15, 0.2) is 0 Å². The predicted molar refractivity (Wildman–Crippen MR) is 89.6 cm³/mol. The lowest BCUT2D eigenvalue weighted by Crippen LogP contribution is -2.47. The number of amides is 1. The molecule has 0 N–H and O–H groups in total. The number of likely N-dealkylation sites (N-methyl/N-ethyl adjacent to an activating group) is 1. The molecular formula is C18H28N2O4. The number of hydrogen-bond donors (Lipinski definition) is 0. The molecule has 1 spiro atoms. The van der Waals surface area contributed by atoms with E-state index in [1.54, 1.807) is 6.26 Å². The summed E-state index contributed by atoms with van der Waals surface area (Å²) in [6.45, 7) is 6.03. The molecule has 0 aliphatic carbocycles. The van der Waals surface area contributed by atoms with Crippen molar-refractivity contribution in [1.82, 2.24) is 9.80 Å². The van der Waals surface area contributed by atoms with E-state index in [1.807, 2.05) is 24.0 Å². The number of furan rings is 1. The summed E-state index contributed by atoms with van der Waals surface area (Å²) < 4.78 is 17.5. The van der Waals surface area contributed by atoms with Gasteiger partial charge in [-0.3, -0.25) is 9.69 Å². The SMILES string of the molecule is CCC(=O)N1CCOC[C@@]2(CC[C@@H](CN(C)Cc3ccco3)O2)C1. The average molecular weight is 336 g/mol. The zero-order valence-corrected chi connectivity index (χ0v) is 14.7. The third-order valence-corrected chi connectivity index (χ3v) is 4.86. The quantitative estimate of drug-likeness (QED) is 0.822. The molecule has 2 aliphatic heterocycles. The molecule has 1 aromatic heterocycles. The van der Waals surface area contributed by atoms with Gasteiger partial charge in [0.05, 0.1) is 38.7 Å². The van der Waals surface area contributed by atoms with E-state index >= 15 is 0 Å². The maximum absolute atomic E-state index is 12.1. The van der Waals surface area contributed by atoms with Crippen LogP contribution in [0.5, 0.6) is 0 Å². The van der Waals surface area contributed by atoms with Gasteiger partial charge < -0.3 is 18.8 Å². The van der Waals surface area contributed by atoms with Crippen LogP contribution in [0.4, 0.5) is 0 Å². The van der Waals surface area contributed by atoms with E-state index in [4.69, 9.17) is 13.9 Å². The van der Waals surface area contributed by atoms with Gasteiger partial charge in [0.25, 0.3) is 0 Å². The first-order valence-electron chi connectivity index (χ1n) is 8.84. The molecule has 134 valence electrons. The van der Waals surface area contributed by atoms with Crippen LogP contribution in [0.15, 0.2) is 22.8 Å². The smallest absolute Gasteiger partial charge is 0.222 e. The Morgan fingerprint density at radius 3 is 3.12 bits per heavy atom. The predicted octanol–water partition coefficient (Wildman–Crippen LogP) is 1.90. The Morgan fingerprint density at radius 2 is 2.38 bits per heavy atom. The van der Waals surface area contributed by atoms with Gasteiger partial charge in [0, 0.05) is 19.5 Å². The van der Waals surface area contributed by atoms with E-state index in [1.165, 1.54) is 0 Å². The Labute approximate surface area is 143 Å². The standard InChI is InChI=1S/C18H28N2O4/c1-3-17(21)20-8-10-22-14-18(13-20)7-6-16(24-18)12-19(2)11-15-5-4-9-23-15/h4-5,9,16H,3,6-8,10-14H2,1-2H3/t16-,18+/m0/s1. The highest BCUT2D eigenvalue weighted by Gasteiger charge is 2.44. The highest BCUT2D eigenvalue weighted by Crippen LogP contribution is 2.33. The topological polar surface area (TPSA) is 55.2 Å². The minimum atomic E-state index is -0.336. The highest BCUT2D eigenvalue weighted by molar-refractivity contribution is 5.75. The summed E-state index contributed by atoms with van der Waals surface area (Å²) in [5.74, 6) is 1.14. The highest BCUT2D eigenvalue weighted by atomic mass is 16.6. The number of ether oxygens (including phenoxy) is 2. The van der Waals surface area contributed by atoms with Crippen LogP contribution in [-0.2, 0) is 20.8 Å². The maximum atomic E-state index is 12.1. The van der Waals surface area contributed by atoms with Crippen molar-refractivity contribution < 1.29 is 18.7 Å². The van der Waals surface area contributed by atoms with E-state index in [-0.39, 0.29) is 17.6 Å². The van der Waals surface area contributed by atoms with Crippen molar-refractivity contribution in [2.45, 2.75) is 44.4 Å². The van der Waals surface area contributed by atoms with Crippen LogP contribution in [-0.4, -0.2) is 67.3 Å². The van der Waals surface area contributed by atoms with E-state index in [9.17, 15) is 4.79 Å². The molecule has 0 unspecified atom stereocenters. The molecular weight excluding hydrogens is 308 g/mol. The van der Waals surface area contributed by atoms with Crippen LogP contribution in [0.25, 0.3) is 0 Å². The second-order valence-corrected chi connectivity index (χ2v) is 6.96. The third-order valence-electron chi connectivity index (χ3n) is 4.86. The normalized spacial score (nSPS) is 27.8. The van der Waals surface area contributed by atoms with Crippen molar-refractivity contribution in [2.75, 3.05) is 39.9 Å². The molecule has 0 saturated carbocycles. The first kappa shape index (κ1) is 17.5. The van der Waals surface area contributed by atoms with Gasteiger partial charge in [-0.1, -0.05) is 6.92 Å². The summed E-state index contributed by atoms with van der Waals surface area (Å²) in [4.78, 5) is 16.2. The minimum absolute atomic E-state index is 0.172. The monoisotopic (exact) mass is 336 g/mol. The maximum Gasteiger partial charge on any atom is 0.222 e. The van der Waals surface area contributed by atoms with Crippen LogP contribution in [0.2, 0.25) is 0 Å². The van der Waals surface area contributed by atoms with E-state index in [0.29, 0.717) is 32.7 Å². The number of hydrogen-bond acceptors (Lipinski definition) is 5. The zero-order chi connectivity index (χ0) is 17.0. The number of carbonyl (C=O) groups excluding carboxylic acids is 1. The lowest BCUT2D eigenvalue weighted by molar-refractivity contribution is -0.136. The van der Waals surface area contributed by atoms with Crippen LogP contribution in [0.3, 0.4) is 0 Å². The van der Waals surface area contributed by atoms with E-state index in [2.05, 4.69) is 11.9 Å². The van der Waals surface area contributed by atoms with Crippen molar-refractivity contribution in [2.24, 2.45) is 0 Å². The second kappa shape index (κ2) is 7.68. The molecule has 1 amide bonds. The molecule has 24 heavy (non-hydrogen) atoms. The fourth-order valence-corrected chi connectivity index (χ4v) is 3.67. The van der Waals surface area contributed by atoms with Gasteiger partial charge in [-0.25, -0.2) is 0 Å². The fourth-order valence-electron chi connectivity index (χ4n) is 3.67. The Bertz CT molecular complexity index is 533. The van der Waals surface area contributed by atoms with Crippen LogP contribution in [0, 0.1) is 0 Å². The molecule has 0 bridgehead atoms. The van der Waals surface area contributed by atoms with Gasteiger partial charge in [-0.2, -0.15) is 0 Å². The summed E-state index contributed by atoms with van der Waals surface area (Å²) >= 11 is 0. The first-order chi connectivity index (χ1) is 11.6. The summed E-state index contributed by atoms with van der Waals surface area (Å²) in [5.41, 5.74) is -0.336. The van der Waals surface area contributed by atoms with Crippen molar-refractivity contribution >= 4 is 5.91 Å². The lowest BCUT2D eigenvalue weighted by Gasteiger charge is -2.32. The Morgan fingerprint density at radius 1 is 1.50 bits per heavy atom. The van der Waals surface area contributed by atoms with Gasteiger partial charge >= 0.3 is 0 Å². The molecule has 6 heteroatoms. The Balaban J connectivity index is 1.55. The number of carbonyl (C=O) groups is 1. The van der Waals surface area contributed by atoms with Gasteiger partial charge in [0.2, 0.25) is 5.91 Å². The summed E-state index contributed by atoms with van der Waals surface area (Å²) in [7, 11) is 2.08. The fraction of sp³-hybridized carbons (Fsp3) is 0.722. The van der Waals surface area contributed by atoms with Crippen molar-refractivity contribution in [3.63, 3.8) is 0 Å². The Kier molecular flexibility index (Phi) is 5.58. The number of nitrogens with zero attached hydrogens (tertiary/aromatic N) is 2. The zero-order valence-electron chi connectivity index (χ0n) is 14.7. The van der Waals surface area contributed by atoms with E-state index in [0.717, 1.165) is 31.7 Å². The minimum Gasteiger partial charge on any atom is -0.468 e. The molecule has 3 heterocycles. The molecule has 2 saturated heterocycles. The third kappa shape index (κ3) is 4.18. The molecule has 6 nitrogen and oxygen atoms in total. The summed E-state index contributed by atoms with van der Waals surface area (Å²) in [6.07, 6.45) is 4.35. The molecule has 1 aromatic rings. The van der Waals surface area contributed by atoms with Crippen LogP contribution >= 0.6 is 0 Å². The van der Waals surface area contributed by atoms with Gasteiger partial charge in [-0.05, 0) is 32.0 Å². The Hall–Kier alpha value is -1.37. The van der Waals surface area contributed by atoms with Crippen LogP contribution in [0.1, 0.15) is 31.9 Å². The van der Waals surface area contributed by atoms with Crippen molar-refractivity contribution in [3.05, 3.63) is 24.2 Å². The van der Waals surface area contributed by atoms with Gasteiger partial charge in [-0.15, -0.1) is 0 Å². The van der Waals surface area contributed by atoms with Gasteiger partial charge in [0.1, 0.15) is 11.4 Å². The molecule has 0 radical (unpaired) electrons. The van der Waals surface area contributed by atoms with Crippen molar-refractivity contribution in [3.8, 4) is 0 Å². The second-order valence-electron chi connectivity index (χ2n) is 6.96. The first-order valence-corrected chi connectivity index (χ1v) is 8.84. The molecule has 0 aromatic carbocycles. The molecule has 2 fully saturated rings. The average Bonchev–Trinajstić information content (AvgIpc) is 3.14.